The maximum Gasteiger partial charge on any atom is 0.137 e. The predicted molar refractivity (Wildman–Crippen MR) is 81.9 cm³/mol. The first-order valence-electron chi connectivity index (χ1n) is 6.82. The van der Waals surface area contributed by atoms with Crippen LogP contribution in [0.4, 0.5) is 4.39 Å². The second-order valence-electron chi connectivity index (χ2n) is 4.66. The van der Waals surface area contributed by atoms with Crippen LogP contribution in [-0.2, 0) is 17.9 Å². The van der Waals surface area contributed by atoms with E-state index in [1.54, 1.807) is 13.2 Å². The smallest absolute Gasteiger partial charge is 0.137 e. The van der Waals surface area contributed by atoms with Crippen molar-refractivity contribution in [3.05, 3.63) is 34.6 Å². The number of hydrogen-bond donors (Lipinski definition) is 2. The molecule has 0 radical (unpaired) electrons. The number of benzene rings is 1. The summed E-state index contributed by atoms with van der Waals surface area (Å²) in [6.07, 6.45) is 1.05. The van der Waals surface area contributed by atoms with Gasteiger partial charge in [0.15, 0.2) is 0 Å². The van der Waals surface area contributed by atoms with Crippen LogP contribution in [0, 0.1) is 5.82 Å². The van der Waals surface area contributed by atoms with Crippen LogP contribution in [0.15, 0.2) is 18.2 Å². The number of aromatic hydroxyl groups is 1. The Balaban J connectivity index is 2.29. The van der Waals surface area contributed by atoms with Gasteiger partial charge in [-0.25, -0.2) is 9.37 Å². The zero-order valence-electron chi connectivity index (χ0n) is 12.1. The zero-order valence-corrected chi connectivity index (χ0v) is 13.0. The molecule has 1 aromatic carbocycles. The molecule has 0 saturated heterocycles. The molecule has 0 bridgehead atoms. The second-order valence-corrected chi connectivity index (χ2v) is 5.75. The van der Waals surface area contributed by atoms with Crippen LogP contribution in [0.1, 0.15) is 23.9 Å². The van der Waals surface area contributed by atoms with Crippen molar-refractivity contribution >= 4 is 11.3 Å². The van der Waals surface area contributed by atoms with Gasteiger partial charge in [0.25, 0.3) is 0 Å². The number of nitrogens with zero attached hydrogens (tertiary/aromatic N) is 1. The molecular weight excluding hydrogens is 291 g/mol. The molecule has 2 N–H and O–H groups in total. The average molecular weight is 310 g/mol. The van der Waals surface area contributed by atoms with E-state index in [1.165, 1.54) is 17.4 Å². The van der Waals surface area contributed by atoms with E-state index in [9.17, 15) is 9.50 Å². The molecule has 0 amide bonds. The van der Waals surface area contributed by atoms with E-state index in [4.69, 9.17) is 4.74 Å². The lowest BCUT2D eigenvalue weighted by molar-refractivity contribution is 0.181. The number of hydrogen-bond acceptors (Lipinski definition) is 5. The third kappa shape index (κ3) is 4.00. The molecule has 0 atom stereocenters. The number of methoxy groups -OCH3 is 1. The SMILES string of the molecule is CCCNCc1sc(-c2ccc(O)cc2F)nc1COC. The fourth-order valence-electron chi connectivity index (χ4n) is 1.94. The summed E-state index contributed by atoms with van der Waals surface area (Å²) in [4.78, 5) is 5.52. The number of thiazole rings is 1. The molecular formula is C15H19FN2O2S. The Bertz CT molecular complexity index is 601. The minimum atomic E-state index is -0.471. The van der Waals surface area contributed by atoms with E-state index in [-0.39, 0.29) is 5.75 Å². The second kappa shape index (κ2) is 7.49. The molecule has 0 aliphatic heterocycles. The summed E-state index contributed by atoms with van der Waals surface area (Å²) in [6.45, 7) is 4.13. The molecule has 114 valence electrons. The maximum atomic E-state index is 13.9. The summed E-state index contributed by atoms with van der Waals surface area (Å²) in [5, 5.41) is 13.2. The van der Waals surface area contributed by atoms with Crippen molar-refractivity contribution in [2.24, 2.45) is 0 Å². The maximum absolute atomic E-state index is 13.9. The van der Waals surface area contributed by atoms with E-state index in [0.717, 1.165) is 29.6 Å². The van der Waals surface area contributed by atoms with Gasteiger partial charge in [0.1, 0.15) is 16.6 Å². The van der Waals surface area contributed by atoms with Gasteiger partial charge >= 0.3 is 0 Å². The molecule has 0 fully saturated rings. The summed E-state index contributed by atoms with van der Waals surface area (Å²) in [7, 11) is 1.61. The van der Waals surface area contributed by atoms with E-state index >= 15 is 0 Å². The molecule has 1 heterocycles. The molecule has 0 aliphatic carbocycles. The van der Waals surface area contributed by atoms with E-state index in [1.807, 2.05) is 0 Å². The standard InChI is InChI=1S/C15H19FN2O2S/c1-3-6-17-8-14-13(9-20-2)18-15(21-14)11-5-4-10(19)7-12(11)16/h4-5,7,17,19H,3,6,8-9H2,1-2H3. The minimum Gasteiger partial charge on any atom is -0.508 e. The van der Waals surface area contributed by atoms with Gasteiger partial charge in [-0.3, -0.25) is 0 Å². The van der Waals surface area contributed by atoms with Gasteiger partial charge in [-0.15, -0.1) is 11.3 Å². The first kappa shape index (κ1) is 15.9. The quantitative estimate of drug-likeness (QED) is 0.771. The molecule has 0 unspecified atom stereocenters. The van der Waals surface area contributed by atoms with Crippen LogP contribution in [0.25, 0.3) is 10.6 Å². The average Bonchev–Trinajstić information content (AvgIpc) is 2.82. The molecule has 4 nitrogen and oxygen atoms in total. The number of nitrogens with one attached hydrogen (secondary N) is 1. The Morgan fingerprint density at radius 2 is 2.24 bits per heavy atom. The Hall–Kier alpha value is -1.50. The lowest BCUT2D eigenvalue weighted by atomic mass is 10.2. The van der Waals surface area contributed by atoms with Crippen LogP contribution in [0.3, 0.4) is 0 Å². The molecule has 1 aromatic heterocycles. The van der Waals surface area contributed by atoms with Gasteiger partial charge in [0.05, 0.1) is 12.3 Å². The van der Waals surface area contributed by atoms with Crippen LogP contribution in [-0.4, -0.2) is 23.7 Å². The fourth-order valence-corrected chi connectivity index (χ4v) is 3.00. The number of ether oxygens (including phenoxy) is 1. The van der Waals surface area contributed by atoms with Gasteiger partial charge in [-0.1, -0.05) is 6.92 Å². The third-order valence-electron chi connectivity index (χ3n) is 2.95. The van der Waals surface area contributed by atoms with Crippen molar-refractivity contribution in [3.8, 4) is 16.3 Å². The van der Waals surface area contributed by atoms with Gasteiger partial charge < -0.3 is 15.2 Å². The van der Waals surface area contributed by atoms with E-state index in [0.29, 0.717) is 23.7 Å². The van der Waals surface area contributed by atoms with Crippen molar-refractivity contribution < 1.29 is 14.2 Å². The highest BCUT2D eigenvalue weighted by Gasteiger charge is 2.15. The highest BCUT2D eigenvalue weighted by atomic mass is 32.1. The van der Waals surface area contributed by atoms with Crippen molar-refractivity contribution in [1.29, 1.82) is 0 Å². The van der Waals surface area contributed by atoms with E-state index < -0.39 is 5.82 Å². The number of halogens is 1. The molecule has 21 heavy (non-hydrogen) atoms. The third-order valence-corrected chi connectivity index (χ3v) is 4.09. The Kier molecular flexibility index (Phi) is 5.67. The fraction of sp³-hybridized carbons (Fsp3) is 0.400. The Morgan fingerprint density at radius 3 is 2.90 bits per heavy atom. The van der Waals surface area contributed by atoms with Crippen molar-refractivity contribution in [2.75, 3.05) is 13.7 Å². The van der Waals surface area contributed by atoms with Gasteiger partial charge in [-0.05, 0) is 25.1 Å². The number of phenolic OH excluding ortho intramolecular Hbond substituents is 1. The first-order valence-corrected chi connectivity index (χ1v) is 7.64. The lowest BCUT2D eigenvalue weighted by Gasteiger charge is -2.02. The van der Waals surface area contributed by atoms with Crippen molar-refractivity contribution in [2.45, 2.75) is 26.5 Å². The Labute approximate surface area is 127 Å². The molecule has 6 heteroatoms. The molecule has 2 rings (SSSR count). The largest absolute Gasteiger partial charge is 0.508 e. The van der Waals surface area contributed by atoms with Crippen LogP contribution >= 0.6 is 11.3 Å². The van der Waals surface area contributed by atoms with Crippen molar-refractivity contribution in [3.63, 3.8) is 0 Å². The molecule has 0 spiro atoms. The normalized spacial score (nSPS) is 11.0. The zero-order chi connectivity index (χ0) is 15.2. The Morgan fingerprint density at radius 1 is 1.43 bits per heavy atom. The summed E-state index contributed by atoms with van der Waals surface area (Å²) < 4.78 is 19.1. The van der Waals surface area contributed by atoms with Gasteiger partial charge in [0.2, 0.25) is 0 Å². The molecule has 2 aromatic rings. The lowest BCUT2D eigenvalue weighted by Crippen LogP contribution is -2.14. The number of rotatable bonds is 7. The summed E-state index contributed by atoms with van der Waals surface area (Å²) in [6, 6.07) is 4.11. The van der Waals surface area contributed by atoms with E-state index in [2.05, 4.69) is 17.2 Å². The predicted octanol–water partition coefficient (Wildman–Crippen LogP) is 3.30. The van der Waals surface area contributed by atoms with Gasteiger partial charge in [0, 0.05) is 30.2 Å². The monoisotopic (exact) mass is 310 g/mol. The first-order chi connectivity index (χ1) is 10.2. The summed E-state index contributed by atoms with van der Waals surface area (Å²) in [5.74, 6) is -0.560. The topological polar surface area (TPSA) is 54.4 Å². The van der Waals surface area contributed by atoms with Gasteiger partial charge in [-0.2, -0.15) is 0 Å². The van der Waals surface area contributed by atoms with Crippen LogP contribution < -0.4 is 5.32 Å². The molecule has 0 saturated carbocycles. The van der Waals surface area contributed by atoms with Crippen molar-refractivity contribution in [1.82, 2.24) is 10.3 Å². The summed E-state index contributed by atoms with van der Waals surface area (Å²) >= 11 is 1.45. The highest BCUT2D eigenvalue weighted by Crippen LogP contribution is 2.31. The number of aromatic nitrogens is 1. The van der Waals surface area contributed by atoms with Crippen LogP contribution in [0.5, 0.6) is 5.75 Å². The summed E-state index contributed by atoms with van der Waals surface area (Å²) in [5.41, 5.74) is 1.23. The minimum absolute atomic E-state index is 0.0882. The molecule has 0 aliphatic rings. The number of phenols is 1. The highest BCUT2D eigenvalue weighted by molar-refractivity contribution is 7.15. The van der Waals surface area contributed by atoms with Crippen LogP contribution in [0.2, 0.25) is 0 Å².